The van der Waals surface area contributed by atoms with Crippen LogP contribution in [0.5, 0.6) is 0 Å². The van der Waals surface area contributed by atoms with E-state index in [1.165, 1.54) is 23.5 Å². The number of nitrogens with one attached hydrogen (secondary N) is 1. The number of nitrogens with zero attached hydrogens (tertiary/aromatic N) is 1. The van der Waals surface area contributed by atoms with Crippen LogP contribution in [0.1, 0.15) is 40.6 Å². The highest BCUT2D eigenvalue weighted by Gasteiger charge is 2.27. The highest BCUT2D eigenvalue weighted by atomic mass is 35.5. The summed E-state index contributed by atoms with van der Waals surface area (Å²) in [6.07, 6.45) is 1.56. The average Bonchev–Trinajstić information content (AvgIpc) is 3.04. The minimum atomic E-state index is -3.55. The summed E-state index contributed by atoms with van der Waals surface area (Å²) >= 11 is 1.35. The van der Waals surface area contributed by atoms with Gasteiger partial charge in [0.1, 0.15) is 5.00 Å². The van der Waals surface area contributed by atoms with Crippen LogP contribution in [0.2, 0.25) is 0 Å². The van der Waals surface area contributed by atoms with Crippen molar-refractivity contribution in [1.82, 2.24) is 4.90 Å². The van der Waals surface area contributed by atoms with Crippen LogP contribution in [-0.4, -0.2) is 44.0 Å². The van der Waals surface area contributed by atoms with Crippen LogP contribution >= 0.6 is 11.3 Å². The van der Waals surface area contributed by atoms with Crippen LogP contribution in [0, 0.1) is 0 Å². The quantitative estimate of drug-likeness (QED) is 0.536. The zero-order valence-corrected chi connectivity index (χ0v) is 19.1. The number of sulfone groups is 1. The largest absolute Gasteiger partial charge is 1.00 e. The van der Waals surface area contributed by atoms with Crippen molar-refractivity contribution in [2.24, 2.45) is 5.73 Å². The van der Waals surface area contributed by atoms with E-state index in [9.17, 15) is 18.0 Å². The number of carbonyl (C=O) groups excluding carboxylic acids is 2. The van der Waals surface area contributed by atoms with E-state index < -0.39 is 21.7 Å². The lowest BCUT2D eigenvalue weighted by molar-refractivity contribution is -0.115. The molecule has 2 aromatic rings. The number of primary amides is 1. The lowest BCUT2D eigenvalue weighted by Crippen LogP contribution is -3.00. The first-order valence-corrected chi connectivity index (χ1v) is 12.0. The van der Waals surface area contributed by atoms with E-state index in [0.29, 0.717) is 17.0 Å². The molecular formula is C20H25ClN3O4S2-. The number of hydrogen-bond donors (Lipinski definition) is 2. The smallest absolute Gasteiger partial charge is 0.251 e. The Morgan fingerprint density at radius 2 is 1.93 bits per heavy atom. The molecule has 2 amide bonds. The van der Waals surface area contributed by atoms with Crippen molar-refractivity contribution < 1.29 is 30.4 Å². The predicted octanol–water partition coefficient (Wildman–Crippen LogP) is -0.578. The molecule has 0 fully saturated rings. The molecule has 0 spiro atoms. The summed E-state index contributed by atoms with van der Waals surface area (Å²) in [5.41, 5.74) is 6.84. The number of carbonyl (C=O) groups is 2. The molecule has 0 saturated heterocycles. The number of amides is 2. The van der Waals surface area contributed by atoms with Gasteiger partial charge in [0, 0.05) is 24.4 Å². The Balaban J connectivity index is 0.00000320. The maximum absolute atomic E-state index is 12.4. The van der Waals surface area contributed by atoms with Crippen molar-refractivity contribution in [1.29, 1.82) is 0 Å². The zero-order chi connectivity index (χ0) is 21.0. The number of benzene rings is 1. The second kappa shape index (κ2) is 10.4. The maximum Gasteiger partial charge on any atom is 0.251 e. The summed E-state index contributed by atoms with van der Waals surface area (Å²) in [4.78, 5) is 28.0. The number of nitrogens with two attached hydrogens (primary N) is 1. The molecule has 1 aromatic heterocycles. The van der Waals surface area contributed by atoms with Crippen molar-refractivity contribution in [2.45, 2.75) is 37.6 Å². The number of rotatable bonds is 8. The van der Waals surface area contributed by atoms with Gasteiger partial charge in [-0.2, -0.15) is 0 Å². The van der Waals surface area contributed by atoms with Crippen molar-refractivity contribution in [3.8, 4) is 0 Å². The van der Waals surface area contributed by atoms with E-state index in [4.69, 9.17) is 5.73 Å². The fraction of sp³-hybridized carbons (Fsp3) is 0.400. The highest BCUT2D eigenvalue weighted by Crippen LogP contribution is 2.37. The number of fused-ring (bicyclic) bond motifs is 1. The molecule has 1 aliphatic rings. The number of halogens is 1. The summed E-state index contributed by atoms with van der Waals surface area (Å²) in [6.45, 7) is 4.67. The molecular weight excluding hydrogens is 446 g/mol. The predicted molar refractivity (Wildman–Crippen MR) is 114 cm³/mol. The summed E-state index contributed by atoms with van der Waals surface area (Å²) in [5.74, 6) is -1.32. The molecule has 1 aromatic carbocycles. The van der Waals surface area contributed by atoms with Gasteiger partial charge in [0.05, 0.1) is 16.2 Å². The van der Waals surface area contributed by atoms with Crippen LogP contribution < -0.4 is 23.5 Å². The Hall–Kier alpha value is -1.94. The highest BCUT2D eigenvalue weighted by molar-refractivity contribution is 7.91. The number of anilines is 1. The van der Waals surface area contributed by atoms with Gasteiger partial charge in [0.15, 0.2) is 9.84 Å². The molecule has 1 aliphatic heterocycles. The van der Waals surface area contributed by atoms with Gasteiger partial charge in [-0.1, -0.05) is 25.1 Å². The molecule has 10 heteroatoms. The van der Waals surface area contributed by atoms with Crippen LogP contribution in [0.4, 0.5) is 5.00 Å². The lowest BCUT2D eigenvalue weighted by atomic mass is 10.0. The van der Waals surface area contributed by atoms with Gasteiger partial charge in [0.25, 0.3) is 5.91 Å². The number of thiophene rings is 1. The number of hydrogen-bond acceptors (Lipinski definition) is 6. The first-order valence-electron chi connectivity index (χ1n) is 9.56. The van der Waals surface area contributed by atoms with Crippen LogP contribution in [0.15, 0.2) is 35.2 Å². The summed E-state index contributed by atoms with van der Waals surface area (Å²) < 4.78 is 24.7. The van der Waals surface area contributed by atoms with Gasteiger partial charge in [0.2, 0.25) is 5.91 Å². The summed E-state index contributed by atoms with van der Waals surface area (Å²) in [7, 11) is -3.55. The average molecular weight is 471 g/mol. The maximum atomic E-state index is 12.4. The first kappa shape index (κ1) is 24.3. The van der Waals surface area contributed by atoms with Gasteiger partial charge >= 0.3 is 0 Å². The summed E-state index contributed by atoms with van der Waals surface area (Å²) in [6, 6.07) is 8.03. The van der Waals surface area contributed by atoms with Gasteiger partial charge in [-0.15, -0.1) is 11.3 Å². The molecule has 3 rings (SSSR count). The van der Waals surface area contributed by atoms with Crippen LogP contribution in [-0.2, 0) is 27.6 Å². The second-order valence-corrected chi connectivity index (χ2v) is 10.2. The SMILES string of the molecule is CCCN1CCc2c(sc(NC(=O)CCS(=O)(=O)c3ccccc3)c2C(N)=O)C1.[Cl-]. The van der Waals surface area contributed by atoms with Crippen molar-refractivity contribution in [2.75, 3.05) is 24.2 Å². The van der Waals surface area contributed by atoms with Crippen LogP contribution in [0.3, 0.4) is 0 Å². The van der Waals surface area contributed by atoms with Gasteiger partial charge < -0.3 is 23.5 Å². The van der Waals surface area contributed by atoms with Gasteiger partial charge in [-0.25, -0.2) is 8.42 Å². The minimum Gasteiger partial charge on any atom is -1.00 e. The Morgan fingerprint density at radius 3 is 2.57 bits per heavy atom. The second-order valence-electron chi connectivity index (χ2n) is 7.03. The Kier molecular flexibility index (Phi) is 8.42. The molecule has 3 N–H and O–H groups in total. The fourth-order valence-electron chi connectivity index (χ4n) is 3.47. The molecule has 0 unspecified atom stereocenters. The van der Waals surface area contributed by atoms with E-state index in [0.717, 1.165) is 36.5 Å². The monoisotopic (exact) mass is 470 g/mol. The normalized spacial score (nSPS) is 13.9. The fourth-order valence-corrected chi connectivity index (χ4v) is 6.05. The molecule has 0 saturated carbocycles. The third-order valence-electron chi connectivity index (χ3n) is 4.88. The van der Waals surface area contributed by atoms with E-state index >= 15 is 0 Å². The Morgan fingerprint density at radius 1 is 1.23 bits per heavy atom. The molecule has 0 atom stereocenters. The minimum absolute atomic E-state index is 0. The Bertz CT molecular complexity index is 1010. The van der Waals surface area contributed by atoms with Crippen molar-refractivity contribution >= 4 is 38.0 Å². The van der Waals surface area contributed by atoms with E-state index in [-0.39, 0.29) is 29.5 Å². The van der Waals surface area contributed by atoms with Gasteiger partial charge in [-0.05, 0) is 37.1 Å². The van der Waals surface area contributed by atoms with E-state index in [2.05, 4.69) is 17.1 Å². The molecule has 30 heavy (non-hydrogen) atoms. The Labute approximate surface area is 187 Å². The van der Waals surface area contributed by atoms with Crippen molar-refractivity contribution in [3.63, 3.8) is 0 Å². The molecule has 2 heterocycles. The lowest BCUT2D eigenvalue weighted by Gasteiger charge is -2.26. The van der Waals surface area contributed by atoms with E-state index in [1.807, 2.05) is 0 Å². The van der Waals surface area contributed by atoms with E-state index in [1.54, 1.807) is 18.2 Å². The molecule has 0 radical (unpaired) electrons. The topological polar surface area (TPSA) is 110 Å². The van der Waals surface area contributed by atoms with Gasteiger partial charge in [-0.3, -0.25) is 14.5 Å². The molecule has 164 valence electrons. The first-order chi connectivity index (χ1) is 13.8. The van der Waals surface area contributed by atoms with Crippen LogP contribution in [0.25, 0.3) is 0 Å². The standard InChI is InChI=1S/C20H25N3O4S2.ClH/c1-2-10-23-11-8-15-16(13-23)28-20(18(15)19(21)25)22-17(24)9-12-29(26,27)14-6-4-3-5-7-14;/h3-7H,2,8-13H2,1H3,(H2,21,25)(H,22,24);1H/p-1. The molecule has 0 bridgehead atoms. The molecule has 7 nitrogen and oxygen atoms in total. The third-order valence-corrected chi connectivity index (χ3v) is 7.74. The zero-order valence-electron chi connectivity index (χ0n) is 16.7. The molecule has 0 aliphatic carbocycles. The third kappa shape index (κ3) is 5.60. The van der Waals surface area contributed by atoms with Crippen molar-refractivity contribution in [3.05, 3.63) is 46.3 Å². The summed E-state index contributed by atoms with van der Waals surface area (Å²) in [5, 5.41) is 3.14.